The Morgan fingerprint density at radius 2 is 1.69 bits per heavy atom. The van der Waals surface area contributed by atoms with Gasteiger partial charge in [0.15, 0.2) is 11.5 Å². The van der Waals surface area contributed by atoms with Crippen LogP contribution in [-0.4, -0.2) is 37.9 Å². The lowest BCUT2D eigenvalue weighted by molar-refractivity contribution is -0.107. The third kappa shape index (κ3) is 5.44. The summed E-state index contributed by atoms with van der Waals surface area (Å²) >= 11 is 1.47. The quantitative estimate of drug-likeness (QED) is 0.177. The van der Waals surface area contributed by atoms with Crippen LogP contribution in [0.5, 0.6) is 23.0 Å². The molecule has 3 aromatic carbocycles. The first kappa shape index (κ1) is 24.7. The maximum absolute atomic E-state index is 12.5. The Morgan fingerprint density at radius 1 is 0.972 bits per heavy atom. The zero-order chi connectivity index (χ0) is 25.5. The molecule has 0 radical (unpaired) electrons. The maximum Gasteiger partial charge on any atom is 0.338 e. The average molecular weight is 505 g/mol. The number of carbonyl (C=O) groups is 2. The number of nitrogens with zero attached hydrogens (tertiary/aromatic N) is 2. The number of anilines is 2. The van der Waals surface area contributed by atoms with Crippen molar-refractivity contribution < 1.29 is 23.8 Å². The number of benzene rings is 3. The van der Waals surface area contributed by atoms with Crippen molar-refractivity contribution in [1.82, 2.24) is 10.4 Å². The molecule has 0 atom stereocenters. The first-order chi connectivity index (χ1) is 17.6. The first-order valence-corrected chi connectivity index (χ1v) is 12.0. The summed E-state index contributed by atoms with van der Waals surface area (Å²) in [6, 6.07) is 18.9. The van der Waals surface area contributed by atoms with Crippen molar-refractivity contribution in [2.45, 2.75) is 4.90 Å². The van der Waals surface area contributed by atoms with Gasteiger partial charge in [0, 0.05) is 28.2 Å². The number of hydrogen-bond acceptors (Lipinski definition) is 7. The van der Waals surface area contributed by atoms with E-state index in [9.17, 15) is 9.59 Å². The molecule has 0 saturated heterocycles. The van der Waals surface area contributed by atoms with Crippen molar-refractivity contribution in [3.8, 4) is 23.0 Å². The van der Waals surface area contributed by atoms with E-state index in [-0.39, 0.29) is 0 Å². The van der Waals surface area contributed by atoms with E-state index >= 15 is 0 Å². The minimum atomic E-state index is -0.562. The lowest BCUT2D eigenvalue weighted by atomic mass is 10.2. The lowest BCUT2D eigenvalue weighted by Gasteiger charge is -2.21. The van der Waals surface area contributed by atoms with Crippen LogP contribution < -0.4 is 30.0 Å². The van der Waals surface area contributed by atoms with E-state index in [1.807, 2.05) is 24.5 Å². The summed E-state index contributed by atoms with van der Waals surface area (Å²) < 4.78 is 16.8. The van der Waals surface area contributed by atoms with Gasteiger partial charge in [-0.05, 0) is 54.8 Å². The van der Waals surface area contributed by atoms with Gasteiger partial charge in [0.1, 0.15) is 11.5 Å². The predicted molar refractivity (Wildman–Crippen MR) is 140 cm³/mol. The highest BCUT2D eigenvalue weighted by Gasteiger charge is 2.14. The van der Waals surface area contributed by atoms with E-state index in [2.05, 4.69) is 15.7 Å². The molecule has 4 aromatic rings. The molecule has 0 bridgehead atoms. The molecule has 9 nitrogen and oxygen atoms in total. The van der Waals surface area contributed by atoms with E-state index in [0.717, 1.165) is 15.3 Å². The topological polar surface area (TPSA) is 102 Å². The van der Waals surface area contributed by atoms with Crippen LogP contribution in [0.2, 0.25) is 0 Å². The van der Waals surface area contributed by atoms with Crippen molar-refractivity contribution in [3.05, 3.63) is 72.9 Å². The SMILES string of the molecule is COc1cc2nccc(Oc3ccc(NC(=O)NN(C=O)c4ccccc4SC)cc3)c2cc1OC. The summed E-state index contributed by atoms with van der Waals surface area (Å²) in [6.07, 6.45) is 4.10. The van der Waals surface area contributed by atoms with Crippen molar-refractivity contribution in [1.29, 1.82) is 0 Å². The van der Waals surface area contributed by atoms with Crippen LogP contribution in [-0.2, 0) is 4.79 Å². The molecule has 0 aliphatic heterocycles. The average Bonchev–Trinajstić information content (AvgIpc) is 2.92. The fourth-order valence-electron chi connectivity index (χ4n) is 3.51. The molecule has 2 N–H and O–H groups in total. The molecule has 36 heavy (non-hydrogen) atoms. The van der Waals surface area contributed by atoms with E-state index in [0.29, 0.717) is 46.3 Å². The summed E-state index contributed by atoms with van der Waals surface area (Å²) in [6.45, 7) is 0. The van der Waals surface area contributed by atoms with Crippen molar-refractivity contribution >= 4 is 46.5 Å². The summed E-state index contributed by atoms with van der Waals surface area (Å²) in [4.78, 5) is 29.3. The van der Waals surface area contributed by atoms with Crippen molar-refractivity contribution in [3.63, 3.8) is 0 Å². The van der Waals surface area contributed by atoms with Crippen LogP contribution in [0.25, 0.3) is 10.9 Å². The second kappa shape index (κ2) is 11.3. The van der Waals surface area contributed by atoms with Crippen LogP contribution in [0.3, 0.4) is 0 Å². The van der Waals surface area contributed by atoms with E-state index in [4.69, 9.17) is 14.2 Å². The standard InChI is InChI=1S/C26H24N4O5S/c1-33-23-14-19-20(15-24(23)34-2)27-13-12-22(19)35-18-10-8-17(9-11-18)28-26(32)29-30(16-31)21-6-4-5-7-25(21)36-3/h4-16H,1-3H3,(H2,28,29,32). The molecule has 0 saturated carbocycles. The molecular weight excluding hydrogens is 480 g/mol. The Kier molecular flexibility index (Phi) is 7.76. The van der Waals surface area contributed by atoms with Gasteiger partial charge in [0.05, 0.1) is 25.4 Å². The lowest BCUT2D eigenvalue weighted by Crippen LogP contribution is -2.44. The molecule has 0 fully saturated rings. The zero-order valence-electron chi connectivity index (χ0n) is 19.8. The second-order valence-corrected chi connectivity index (χ2v) is 8.22. The van der Waals surface area contributed by atoms with E-state index < -0.39 is 6.03 Å². The molecule has 184 valence electrons. The van der Waals surface area contributed by atoms with Gasteiger partial charge in [0.2, 0.25) is 6.41 Å². The third-order valence-corrected chi connectivity index (χ3v) is 6.00. The van der Waals surface area contributed by atoms with Crippen LogP contribution in [0.1, 0.15) is 0 Å². The Bertz CT molecular complexity index is 1380. The summed E-state index contributed by atoms with van der Waals surface area (Å²) in [5, 5.41) is 4.60. The first-order valence-electron chi connectivity index (χ1n) is 10.8. The predicted octanol–water partition coefficient (Wildman–Crippen LogP) is 5.47. The third-order valence-electron chi connectivity index (χ3n) is 5.22. The van der Waals surface area contributed by atoms with Gasteiger partial charge in [-0.25, -0.2) is 15.2 Å². The number of pyridine rings is 1. The number of rotatable bonds is 9. The fraction of sp³-hybridized carbons (Fsp3) is 0.115. The maximum atomic E-state index is 12.5. The number of hydrogen-bond donors (Lipinski definition) is 2. The number of fused-ring (bicyclic) bond motifs is 1. The molecule has 1 aromatic heterocycles. The highest BCUT2D eigenvalue weighted by molar-refractivity contribution is 7.98. The van der Waals surface area contributed by atoms with Gasteiger partial charge in [-0.3, -0.25) is 9.78 Å². The van der Waals surface area contributed by atoms with Gasteiger partial charge in [-0.1, -0.05) is 12.1 Å². The highest BCUT2D eigenvalue weighted by atomic mass is 32.2. The normalized spacial score (nSPS) is 10.4. The molecule has 0 aliphatic rings. The number of amides is 3. The van der Waals surface area contributed by atoms with Crippen molar-refractivity contribution in [2.24, 2.45) is 0 Å². The molecule has 3 amide bonds. The number of para-hydroxylation sites is 1. The number of aromatic nitrogens is 1. The van der Waals surface area contributed by atoms with E-state index in [1.54, 1.807) is 68.9 Å². The number of carbonyl (C=O) groups excluding carboxylic acids is 2. The Balaban J connectivity index is 1.45. The summed E-state index contributed by atoms with van der Waals surface area (Å²) in [5.41, 5.74) is 4.34. The highest BCUT2D eigenvalue weighted by Crippen LogP contribution is 2.37. The molecule has 0 spiro atoms. The number of methoxy groups -OCH3 is 2. The Morgan fingerprint density at radius 3 is 2.39 bits per heavy atom. The molecule has 10 heteroatoms. The summed E-state index contributed by atoms with van der Waals surface area (Å²) in [7, 11) is 3.14. The zero-order valence-corrected chi connectivity index (χ0v) is 20.7. The number of hydrazine groups is 1. The molecule has 1 heterocycles. The monoisotopic (exact) mass is 504 g/mol. The number of nitrogens with one attached hydrogen (secondary N) is 2. The number of thioether (sulfide) groups is 1. The minimum absolute atomic E-state index is 0.523. The van der Waals surface area contributed by atoms with Gasteiger partial charge >= 0.3 is 6.03 Å². The fourth-order valence-corrected chi connectivity index (χ4v) is 4.10. The van der Waals surface area contributed by atoms with Crippen LogP contribution in [0.4, 0.5) is 16.2 Å². The van der Waals surface area contributed by atoms with Gasteiger partial charge in [-0.2, -0.15) is 0 Å². The van der Waals surface area contributed by atoms with Gasteiger partial charge < -0.3 is 19.5 Å². The largest absolute Gasteiger partial charge is 0.493 e. The smallest absolute Gasteiger partial charge is 0.338 e. The van der Waals surface area contributed by atoms with Crippen LogP contribution >= 0.6 is 11.8 Å². The molecular formula is C26H24N4O5S. The molecule has 0 aliphatic carbocycles. The minimum Gasteiger partial charge on any atom is -0.493 e. The van der Waals surface area contributed by atoms with Gasteiger partial charge in [-0.15, -0.1) is 11.8 Å². The number of urea groups is 1. The van der Waals surface area contributed by atoms with E-state index in [1.165, 1.54) is 11.8 Å². The second-order valence-electron chi connectivity index (χ2n) is 7.37. The van der Waals surface area contributed by atoms with Gasteiger partial charge in [0.25, 0.3) is 0 Å². The molecule has 4 rings (SSSR count). The van der Waals surface area contributed by atoms with Crippen molar-refractivity contribution in [2.75, 3.05) is 30.8 Å². The summed E-state index contributed by atoms with van der Waals surface area (Å²) in [5.74, 6) is 2.30. The van der Waals surface area contributed by atoms with Crippen LogP contribution in [0.15, 0.2) is 77.8 Å². The Hall–Kier alpha value is -4.44. The number of ether oxygens (including phenoxy) is 3. The molecule has 0 unspecified atom stereocenters. The van der Waals surface area contributed by atoms with Crippen LogP contribution in [0, 0.1) is 0 Å². The Labute approximate surface area is 212 Å².